The van der Waals surface area contributed by atoms with Crippen LogP contribution in [0.4, 0.5) is 17.6 Å². The number of aromatic nitrogens is 1. The molecule has 3 aromatic rings. The lowest BCUT2D eigenvalue weighted by atomic mass is 9.71. The summed E-state index contributed by atoms with van der Waals surface area (Å²) in [5.74, 6) is 0.342. The number of methoxy groups -OCH3 is 1. The van der Waals surface area contributed by atoms with Crippen LogP contribution in [-0.4, -0.2) is 53.5 Å². The van der Waals surface area contributed by atoms with Crippen molar-refractivity contribution < 1.29 is 32.2 Å². The Hall–Kier alpha value is -2.56. The van der Waals surface area contributed by atoms with Gasteiger partial charge in [-0.3, -0.25) is 9.78 Å². The highest BCUT2D eigenvalue weighted by Crippen LogP contribution is 2.44. The minimum atomic E-state index is -4.36. The fourth-order valence-corrected chi connectivity index (χ4v) is 6.68. The van der Waals surface area contributed by atoms with Crippen LogP contribution in [0.5, 0.6) is 5.75 Å². The van der Waals surface area contributed by atoms with Crippen molar-refractivity contribution in [3.63, 3.8) is 0 Å². The molecule has 0 saturated carbocycles. The second-order valence-corrected chi connectivity index (χ2v) is 12.1. The molecule has 1 saturated heterocycles. The van der Waals surface area contributed by atoms with Crippen LogP contribution >= 0.6 is 23.4 Å². The Balaban J connectivity index is 1.32. The van der Waals surface area contributed by atoms with Crippen molar-refractivity contribution in [3.05, 3.63) is 64.8 Å². The van der Waals surface area contributed by atoms with Gasteiger partial charge in [-0.15, -0.1) is 11.8 Å². The summed E-state index contributed by atoms with van der Waals surface area (Å²) in [6.07, 6.45) is -1.75. The van der Waals surface area contributed by atoms with Gasteiger partial charge in [0.05, 0.1) is 29.6 Å². The zero-order valence-corrected chi connectivity index (χ0v) is 24.3. The highest BCUT2D eigenvalue weighted by molar-refractivity contribution is 7.99. The topological polar surface area (TPSA) is 62.7 Å². The minimum absolute atomic E-state index is 0.0302. The number of carboxylic acids is 1. The Morgan fingerprint density at radius 1 is 1.22 bits per heavy atom. The number of ether oxygens (including phenoxy) is 1. The fraction of sp³-hybridized carbons (Fsp3) is 0.467. The van der Waals surface area contributed by atoms with Gasteiger partial charge in [0.2, 0.25) is 0 Å². The molecule has 2 aromatic carbocycles. The van der Waals surface area contributed by atoms with Crippen LogP contribution < -0.4 is 4.74 Å². The van der Waals surface area contributed by atoms with E-state index in [4.69, 9.17) is 16.3 Å². The zero-order chi connectivity index (χ0) is 29.6. The van der Waals surface area contributed by atoms with Crippen molar-refractivity contribution in [1.29, 1.82) is 0 Å². The number of rotatable bonds is 12. The smallest absolute Gasteiger partial charge is 0.416 e. The molecule has 0 bridgehead atoms. The van der Waals surface area contributed by atoms with Crippen molar-refractivity contribution in [1.82, 2.24) is 9.88 Å². The molecule has 0 aliphatic carbocycles. The van der Waals surface area contributed by atoms with Gasteiger partial charge in [-0.05, 0) is 99.3 Å². The van der Waals surface area contributed by atoms with Gasteiger partial charge < -0.3 is 14.7 Å². The van der Waals surface area contributed by atoms with Gasteiger partial charge in [0.1, 0.15) is 11.9 Å². The number of pyridine rings is 1. The second kappa shape index (κ2) is 13.6. The molecule has 222 valence electrons. The zero-order valence-electron chi connectivity index (χ0n) is 22.7. The number of carboxylic acid groups (broad SMARTS) is 1. The van der Waals surface area contributed by atoms with E-state index in [9.17, 15) is 23.1 Å². The van der Waals surface area contributed by atoms with Crippen LogP contribution in [0.15, 0.2) is 53.6 Å². The molecule has 1 N–H and O–H groups in total. The van der Waals surface area contributed by atoms with Gasteiger partial charge in [-0.1, -0.05) is 17.7 Å². The molecule has 0 radical (unpaired) electrons. The second-order valence-electron chi connectivity index (χ2n) is 10.5. The first-order chi connectivity index (χ1) is 19.5. The number of aliphatic carboxylic acids is 1. The molecule has 0 spiro atoms. The Morgan fingerprint density at radius 3 is 2.66 bits per heavy atom. The predicted octanol–water partition coefficient (Wildman–Crippen LogP) is 8.45. The van der Waals surface area contributed by atoms with E-state index in [2.05, 4.69) is 9.88 Å². The van der Waals surface area contributed by atoms with Gasteiger partial charge >= 0.3 is 12.1 Å². The van der Waals surface area contributed by atoms with Gasteiger partial charge in [-0.25, -0.2) is 4.39 Å². The number of hydrogen-bond donors (Lipinski definition) is 1. The SMILES string of the molecule is COc1ccc2ncc(Cl)c(C(F)CCC3(CC(=O)O)CCN(CCCSc4cccc(C(F)(F)F)c4)CC3)c2c1. The Bertz CT molecular complexity index is 1350. The quantitative estimate of drug-likeness (QED) is 0.126. The van der Waals surface area contributed by atoms with E-state index >= 15 is 4.39 Å². The molecule has 1 aliphatic rings. The van der Waals surface area contributed by atoms with Crippen LogP contribution in [0.3, 0.4) is 0 Å². The largest absolute Gasteiger partial charge is 0.497 e. The number of fused-ring (bicyclic) bond motifs is 1. The van der Waals surface area contributed by atoms with Crippen LogP contribution in [0.25, 0.3) is 10.9 Å². The van der Waals surface area contributed by atoms with Crippen molar-refractivity contribution in [2.24, 2.45) is 5.41 Å². The lowest BCUT2D eigenvalue weighted by molar-refractivity contribution is -0.141. The van der Waals surface area contributed by atoms with Gasteiger partial charge in [-0.2, -0.15) is 13.2 Å². The van der Waals surface area contributed by atoms with Gasteiger partial charge in [0, 0.05) is 22.0 Å². The lowest BCUT2D eigenvalue weighted by Gasteiger charge is -2.41. The molecule has 1 aliphatic heterocycles. The molecule has 4 rings (SSSR count). The summed E-state index contributed by atoms with van der Waals surface area (Å²) in [5, 5.41) is 10.5. The van der Waals surface area contributed by atoms with E-state index in [1.165, 1.54) is 37.2 Å². The third-order valence-corrected chi connectivity index (χ3v) is 9.18. The Morgan fingerprint density at radius 2 is 1.98 bits per heavy atom. The van der Waals surface area contributed by atoms with E-state index in [-0.39, 0.29) is 17.9 Å². The molecule has 1 aromatic heterocycles. The first-order valence-electron chi connectivity index (χ1n) is 13.5. The number of thioether (sulfide) groups is 1. The van der Waals surface area contributed by atoms with E-state index in [1.807, 2.05) is 0 Å². The molecular weight excluding hydrogens is 580 g/mol. The molecule has 41 heavy (non-hydrogen) atoms. The van der Waals surface area contributed by atoms with Gasteiger partial charge in [0.25, 0.3) is 0 Å². The van der Waals surface area contributed by atoms with Gasteiger partial charge in [0.15, 0.2) is 0 Å². The number of halogens is 5. The number of likely N-dealkylation sites (tertiary alicyclic amines) is 1. The van der Waals surface area contributed by atoms with E-state index in [0.717, 1.165) is 19.0 Å². The van der Waals surface area contributed by atoms with Crippen LogP contribution in [0, 0.1) is 5.41 Å². The summed E-state index contributed by atoms with van der Waals surface area (Å²) in [6, 6.07) is 10.5. The highest BCUT2D eigenvalue weighted by atomic mass is 35.5. The summed E-state index contributed by atoms with van der Waals surface area (Å²) < 4.78 is 59.9. The summed E-state index contributed by atoms with van der Waals surface area (Å²) in [5.41, 5.74) is -0.223. The molecule has 11 heteroatoms. The molecule has 1 fully saturated rings. The maximum Gasteiger partial charge on any atom is 0.416 e. The van der Waals surface area contributed by atoms with Crippen molar-refractivity contribution >= 4 is 40.2 Å². The number of benzene rings is 2. The minimum Gasteiger partial charge on any atom is -0.497 e. The molecule has 1 unspecified atom stereocenters. The third-order valence-electron chi connectivity index (χ3n) is 7.80. The summed E-state index contributed by atoms with van der Waals surface area (Å²) in [7, 11) is 1.53. The number of alkyl halides is 4. The first kappa shape index (κ1) is 31.4. The molecule has 0 amide bonds. The fourth-order valence-electron chi connectivity index (χ4n) is 5.52. The molecular formula is C30H33ClF4N2O3S. The highest BCUT2D eigenvalue weighted by Gasteiger charge is 2.37. The third kappa shape index (κ3) is 8.26. The Labute approximate surface area is 246 Å². The lowest BCUT2D eigenvalue weighted by Crippen LogP contribution is -2.41. The summed E-state index contributed by atoms with van der Waals surface area (Å²) >= 11 is 7.78. The first-order valence-corrected chi connectivity index (χ1v) is 14.9. The number of carbonyl (C=O) groups is 1. The maximum atomic E-state index is 15.8. The molecule has 2 heterocycles. The van der Waals surface area contributed by atoms with Crippen molar-refractivity contribution in [3.8, 4) is 5.75 Å². The Kier molecular flexibility index (Phi) is 10.4. The van der Waals surface area contributed by atoms with Crippen molar-refractivity contribution in [2.75, 3.05) is 32.5 Å². The standard InChI is InChI=1S/C30H33ClF4N2O3S/c1-40-21-6-7-26-23(17-21)28(24(31)19-36-26)25(32)8-9-29(18-27(38)39)10-13-37(14-11-29)12-3-15-41-22-5-2-4-20(16-22)30(33,34)35/h2,4-7,16-17,19,25H,3,8-15,18H2,1H3,(H,38,39). The van der Waals surface area contributed by atoms with Crippen molar-refractivity contribution in [2.45, 2.75) is 55.8 Å². The van der Waals surface area contributed by atoms with E-state index in [0.29, 0.717) is 65.2 Å². The summed E-state index contributed by atoms with van der Waals surface area (Å²) in [6.45, 7) is 2.14. The molecule has 5 nitrogen and oxygen atoms in total. The van der Waals surface area contributed by atoms with E-state index < -0.39 is 29.3 Å². The average molecular weight is 613 g/mol. The van der Waals surface area contributed by atoms with Crippen LogP contribution in [0.1, 0.15) is 55.8 Å². The van der Waals surface area contributed by atoms with Crippen LogP contribution in [0.2, 0.25) is 5.02 Å². The maximum absolute atomic E-state index is 15.8. The molecule has 1 atom stereocenters. The summed E-state index contributed by atoms with van der Waals surface area (Å²) in [4.78, 5) is 18.9. The number of nitrogens with zero attached hydrogens (tertiary/aromatic N) is 2. The normalized spacial score (nSPS) is 16.5. The van der Waals surface area contributed by atoms with E-state index in [1.54, 1.807) is 24.3 Å². The monoisotopic (exact) mass is 612 g/mol. The number of piperidine rings is 1. The van der Waals surface area contributed by atoms with Crippen LogP contribution in [-0.2, 0) is 11.0 Å². The predicted molar refractivity (Wildman–Crippen MR) is 154 cm³/mol. The average Bonchev–Trinajstić information content (AvgIpc) is 2.94. The number of hydrogen-bond acceptors (Lipinski definition) is 5.